The molecule has 19 nitrogen and oxygen atoms in total. The monoisotopic (exact) mass is 1220 g/mol. The van der Waals surface area contributed by atoms with Crippen LogP contribution in [0.3, 0.4) is 0 Å². The van der Waals surface area contributed by atoms with E-state index in [1.165, 1.54) is 29.2 Å². The minimum atomic E-state index is -0.117. The Hall–Kier alpha value is -9.10. The van der Waals surface area contributed by atoms with Gasteiger partial charge < -0.3 is 52.8 Å². The minimum Gasteiger partial charge on any atom is -0.360 e. The Morgan fingerprint density at radius 3 is 1.20 bits per heavy atom. The number of carbonyl (C=O) groups is 1. The number of hydrogen-bond donors (Lipinski definition) is 10. The first-order valence-corrected chi connectivity index (χ1v) is 30.2. The summed E-state index contributed by atoms with van der Waals surface area (Å²) in [7, 11) is 0. The highest BCUT2D eigenvalue weighted by atomic mass is 35.5. The van der Waals surface area contributed by atoms with E-state index in [1.54, 1.807) is 6.20 Å². The van der Waals surface area contributed by atoms with E-state index in [-0.39, 0.29) is 28.1 Å². The average molecular weight is 1230 g/mol. The molecule has 0 atom stereocenters. The van der Waals surface area contributed by atoms with Gasteiger partial charge in [-0.15, -0.1) is 0 Å². The summed E-state index contributed by atoms with van der Waals surface area (Å²) < 4.78 is 0. The highest BCUT2D eigenvalue weighted by Gasteiger charge is 2.18. The predicted molar refractivity (Wildman–Crippen MR) is 374 cm³/mol. The number of aryl methyl sites for hydroxylation is 7. The maximum absolute atomic E-state index is 11.3. The first-order valence-electron chi connectivity index (χ1n) is 29.8. The molecule has 472 valence electrons. The predicted octanol–water partition coefficient (Wildman–Crippen LogP) is 17.6. The maximum Gasteiger partial charge on any atom is 0.225 e. The number of aromatic nitrogens is 9. The van der Waals surface area contributed by atoms with Gasteiger partial charge in [-0.05, 0) is 222 Å². The molecule has 9 rings (SSSR count). The molecule has 0 spiro atoms. The van der Waals surface area contributed by atoms with Gasteiger partial charge in [0.15, 0.2) is 0 Å². The number of benzene rings is 4. The molecule has 1 amide bonds. The Morgan fingerprint density at radius 1 is 0.427 bits per heavy atom. The zero-order chi connectivity index (χ0) is 65.8. The summed E-state index contributed by atoms with van der Waals surface area (Å²) in [6.45, 7) is 44.8. The Kier molecular flexibility index (Phi) is 22.7. The third kappa shape index (κ3) is 21.9. The Labute approximate surface area is 532 Å². The molecule has 0 aliphatic heterocycles. The molecule has 5 aromatic heterocycles. The van der Waals surface area contributed by atoms with E-state index >= 15 is 0 Å². The summed E-state index contributed by atoms with van der Waals surface area (Å²) in [6, 6.07) is 24.2. The lowest BCUT2D eigenvalue weighted by molar-refractivity contribution is -0.114. The molecule has 0 bridgehead atoms. The van der Waals surface area contributed by atoms with Gasteiger partial charge in [0.25, 0.3) is 0 Å². The third-order valence-corrected chi connectivity index (χ3v) is 13.3. The van der Waals surface area contributed by atoms with E-state index in [9.17, 15) is 4.79 Å². The highest BCUT2D eigenvalue weighted by molar-refractivity contribution is 6.35. The molecule has 0 unspecified atom stereocenters. The molecule has 0 aliphatic rings. The molecule has 10 N–H and O–H groups in total. The topological polar surface area (TPSA) is 244 Å². The zero-order valence-corrected chi connectivity index (χ0v) is 56.9. The molecular weight excluding hydrogens is 1130 g/mol. The van der Waals surface area contributed by atoms with Crippen molar-refractivity contribution in [2.75, 3.05) is 47.9 Å². The second-order valence-electron chi connectivity index (χ2n) is 26.5. The number of H-pyrrole nitrogens is 1. The molecule has 0 fully saturated rings. The molecule has 0 saturated heterocycles. The van der Waals surface area contributed by atoms with Crippen molar-refractivity contribution in [2.45, 2.75) is 174 Å². The van der Waals surface area contributed by atoms with Crippen molar-refractivity contribution in [1.29, 1.82) is 0 Å². The van der Waals surface area contributed by atoms with E-state index in [2.05, 4.69) is 240 Å². The number of amides is 1. The van der Waals surface area contributed by atoms with Crippen molar-refractivity contribution in [1.82, 2.24) is 44.9 Å². The second kappa shape index (κ2) is 29.3. The highest BCUT2D eigenvalue weighted by Crippen LogP contribution is 2.33. The van der Waals surface area contributed by atoms with Crippen LogP contribution in [-0.2, 0) is 4.79 Å². The first kappa shape index (κ1) is 69.0. The number of halogens is 1. The standard InChI is InChI=1S/C18H25N5O.C17H20ClN5.2C17H24N4/c1-11-10-19-17(23-18(4,5)6)22-16(11)21-15-9-7-8-14(12(15)2)20-13(3)24;1-10-9-20-16(23-17(2,3)4)22-15(10)21-13-6-5-12(18)14-11(13)7-8-19-14;1-11-7-12(2)9-14(8-11)19-15-13(3)10-18-16(20-15)21-17(4,5)6;1-11-8-7-9-14(13(11)3)19-15-12(2)10-18-16(20-15)21-17(4,5)6/h7-10H,1-6H3,(H,20,24)(H2,19,21,22,23);5-9,19H,1-4H3,(H2,20,21,22,23);2*7-10H,1-6H3,(H2,18,19,20,21). The van der Waals surface area contributed by atoms with E-state index < -0.39 is 0 Å². The van der Waals surface area contributed by atoms with E-state index in [0.717, 1.165) is 90.4 Å². The Balaban J connectivity index is 0.000000189. The molecule has 89 heavy (non-hydrogen) atoms. The van der Waals surface area contributed by atoms with Crippen LogP contribution in [0.25, 0.3) is 10.9 Å². The fourth-order valence-electron chi connectivity index (χ4n) is 8.64. The van der Waals surface area contributed by atoms with Gasteiger partial charge in [-0.25, -0.2) is 19.9 Å². The number of anilines is 13. The molecule has 9 aromatic rings. The van der Waals surface area contributed by atoms with Gasteiger partial charge in [0.1, 0.15) is 23.3 Å². The van der Waals surface area contributed by atoms with Crippen LogP contribution in [0, 0.1) is 62.3 Å². The summed E-state index contributed by atoms with van der Waals surface area (Å²) >= 11 is 6.21. The zero-order valence-electron chi connectivity index (χ0n) is 56.2. The van der Waals surface area contributed by atoms with Crippen LogP contribution in [0.4, 0.5) is 75.5 Å². The van der Waals surface area contributed by atoms with Crippen molar-refractivity contribution in [3.05, 3.63) is 159 Å². The third-order valence-electron chi connectivity index (χ3n) is 13.0. The van der Waals surface area contributed by atoms with Crippen LogP contribution in [0.15, 0.2) is 104 Å². The molecule has 5 heterocycles. The smallest absolute Gasteiger partial charge is 0.225 e. The second-order valence-corrected chi connectivity index (χ2v) is 27.0. The van der Waals surface area contributed by atoms with Gasteiger partial charge in [-0.2, -0.15) is 19.9 Å². The average Bonchev–Trinajstić information content (AvgIpc) is 2.75. The van der Waals surface area contributed by atoms with Crippen LogP contribution in [0.5, 0.6) is 0 Å². The number of rotatable bonds is 13. The molecule has 0 aliphatic carbocycles. The number of nitrogens with one attached hydrogen (secondary N) is 10. The number of fused-ring (bicyclic) bond motifs is 1. The normalized spacial score (nSPS) is 11.4. The van der Waals surface area contributed by atoms with Gasteiger partial charge in [-0.1, -0.05) is 35.9 Å². The fourth-order valence-corrected chi connectivity index (χ4v) is 8.86. The van der Waals surface area contributed by atoms with Crippen LogP contribution in [0.1, 0.15) is 140 Å². The van der Waals surface area contributed by atoms with Crippen LogP contribution < -0.4 is 47.9 Å². The number of hydrogen-bond acceptors (Lipinski definition) is 17. The number of aromatic amines is 1. The fraction of sp³-hybridized carbons (Fsp3) is 0.377. The molecule has 4 aromatic carbocycles. The van der Waals surface area contributed by atoms with E-state index in [1.807, 2.05) is 95.8 Å². The Bertz CT molecular complexity index is 3870. The minimum absolute atomic E-state index is 0.0630. The Morgan fingerprint density at radius 2 is 0.798 bits per heavy atom. The van der Waals surface area contributed by atoms with Gasteiger partial charge in [0.05, 0.1) is 10.5 Å². The van der Waals surface area contributed by atoms with Crippen molar-refractivity contribution >= 4 is 104 Å². The van der Waals surface area contributed by atoms with Crippen molar-refractivity contribution < 1.29 is 4.79 Å². The summed E-state index contributed by atoms with van der Waals surface area (Å²) in [4.78, 5) is 50.1. The summed E-state index contributed by atoms with van der Waals surface area (Å²) in [5, 5.41) is 31.2. The van der Waals surface area contributed by atoms with Gasteiger partial charge in [0.2, 0.25) is 29.7 Å². The molecule has 0 saturated carbocycles. The van der Waals surface area contributed by atoms with Crippen LogP contribution >= 0.6 is 11.6 Å². The molecule has 20 heteroatoms. The SMILES string of the molecule is CC(=O)Nc1cccc(Nc2nc(NC(C)(C)C)ncc2C)c1C.Cc1cc(C)cc(Nc2nc(NC(C)(C)C)ncc2C)c1.Cc1cnc(NC(C)(C)C)nc1Nc1ccc(Cl)c2[nH]ccc12.Cc1cnc(NC(C)(C)C)nc1Nc1cccc(C)c1C. The van der Waals surface area contributed by atoms with Gasteiger partial charge >= 0.3 is 0 Å². The summed E-state index contributed by atoms with van der Waals surface area (Å²) in [5.74, 6) is 5.55. The maximum atomic E-state index is 11.3. The van der Waals surface area contributed by atoms with E-state index in [4.69, 9.17) is 11.6 Å². The lowest BCUT2D eigenvalue weighted by atomic mass is 10.1. The summed E-state index contributed by atoms with van der Waals surface area (Å²) in [5.41, 5.74) is 15.2. The quantitative estimate of drug-likeness (QED) is 0.0516. The van der Waals surface area contributed by atoms with Crippen molar-refractivity contribution in [2.24, 2.45) is 0 Å². The number of carbonyl (C=O) groups excluding carboxylic acids is 1. The first-order chi connectivity index (χ1) is 41.5. The number of nitrogens with zero attached hydrogens (tertiary/aromatic N) is 8. The van der Waals surface area contributed by atoms with Crippen LogP contribution in [-0.4, -0.2) is 72.9 Å². The molecule has 0 radical (unpaired) electrons. The van der Waals surface area contributed by atoms with Crippen molar-refractivity contribution in [3.63, 3.8) is 0 Å². The van der Waals surface area contributed by atoms with Gasteiger partial charge in [-0.3, -0.25) is 4.79 Å². The lowest BCUT2D eigenvalue weighted by Gasteiger charge is -2.21. The van der Waals surface area contributed by atoms with E-state index in [0.29, 0.717) is 28.8 Å². The lowest BCUT2D eigenvalue weighted by Crippen LogP contribution is -2.27. The largest absolute Gasteiger partial charge is 0.360 e. The van der Waals surface area contributed by atoms with Crippen LogP contribution in [0.2, 0.25) is 5.02 Å². The van der Waals surface area contributed by atoms with Gasteiger partial charge in [0, 0.05) is 116 Å². The molecular formula is C69H93ClN18O. The summed E-state index contributed by atoms with van der Waals surface area (Å²) in [6.07, 6.45) is 9.16. The van der Waals surface area contributed by atoms with Crippen molar-refractivity contribution in [3.8, 4) is 0 Å².